The maximum Gasteiger partial charge on any atom is 0.258 e. The van der Waals surface area contributed by atoms with Gasteiger partial charge in [-0.2, -0.15) is 0 Å². The van der Waals surface area contributed by atoms with Crippen molar-refractivity contribution >= 4 is 22.7 Å². The standard InChI is InChI=1S/C8H9ClN2O/c1-3-6-7(5(2)9)10-4-11-8(6)12/h3-4H,1-2H3,(H,10,11,12)/b6-3+,7-5-. The van der Waals surface area contributed by atoms with Crippen LogP contribution in [0.25, 0.3) is 11.1 Å². The molecule has 3 nitrogen and oxygen atoms in total. The van der Waals surface area contributed by atoms with Crippen molar-refractivity contribution in [2.75, 3.05) is 0 Å². The fraction of sp³-hybridized carbons (Fsp3) is 0.250. The Morgan fingerprint density at radius 3 is 2.83 bits per heavy atom. The van der Waals surface area contributed by atoms with Crippen LogP contribution in [0.1, 0.15) is 13.8 Å². The van der Waals surface area contributed by atoms with Gasteiger partial charge in [-0.1, -0.05) is 17.7 Å². The van der Waals surface area contributed by atoms with Gasteiger partial charge in [0, 0.05) is 5.03 Å². The minimum Gasteiger partial charge on any atom is -0.313 e. The van der Waals surface area contributed by atoms with Gasteiger partial charge in [0.05, 0.1) is 16.9 Å². The number of aromatic nitrogens is 2. The SMILES string of the molecule is C/C=c1/c(=O)[nH]cn/c1=C(/C)Cl. The number of halogens is 1. The molecular weight excluding hydrogens is 176 g/mol. The van der Waals surface area contributed by atoms with E-state index >= 15 is 0 Å². The maximum atomic E-state index is 11.2. The second kappa shape index (κ2) is 3.54. The predicted molar refractivity (Wildman–Crippen MR) is 49.2 cm³/mol. The van der Waals surface area contributed by atoms with Gasteiger partial charge in [0.2, 0.25) is 0 Å². The largest absolute Gasteiger partial charge is 0.313 e. The van der Waals surface area contributed by atoms with Gasteiger partial charge < -0.3 is 4.98 Å². The molecule has 0 saturated carbocycles. The van der Waals surface area contributed by atoms with E-state index in [1.807, 2.05) is 0 Å². The van der Waals surface area contributed by atoms with Crippen LogP contribution >= 0.6 is 11.6 Å². The Morgan fingerprint density at radius 1 is 1.75 bits per heavy atom. The first-order valence-electron chi connectivity index (χ1n) is 3.53. The van der Waals surface area contributed by atoms with Crippen molar-refractivity contribution in [1.82, 2.24) is 9.97 Å². The fourth-order valence-corrected chi connectivity index (χ4v) is 1.10. The van der Waals surface area contributed by atoms with Gasteiger partial charge in [-0.05, 0) is 13.8 Å². The Bertz CT molecular complexity index is 443. The van der Waals surface area contributed by atoms with Gasteiger partial charge in [0.15, 0.2) is 0 Å². The zero-order valence-electron chi connectivity index (χ0n) is 6.89. The zero-order valence-corrected chi connectivity index (χ0v) is 7.64. The fourth-order valence-electron chi connectivity index (χ4n) is 0.953. The molecule has 1 heterocycles. The van der Waals surface area contributed by atoms with Crippen LogP contribution in [0.2, 0.25) is 0 Å². The Kier molecular flexibility index (Phi) is 2.65. The third-order valence-electron chi connectivity index (χ3n) is 1.50. The number of aromatic amines is 1. The molecule has 0 fully saturated rings. The van der Waals surface area contributed by atoms with Crippen LogP contribution in [-0.2, 0) is 0 Å². The first kappa shape index (κ1) is 9.00. The molecule has 64 valence electrons. The predicted octanol–water partition coefficient (Wildman–Crippen LogP) is -0.0628. The van der Waals surface area contributed by atoms with Crippen molar-refractivity contribution in [3.63, 3.8) is 0 Å². The summed E-state index contributed by atoms with van der Waals surface area (Å²) in [5, 5.41) is 1.59. The van der Waals surface area contributed by atoms with Crippen molar-refractivity contribution < 1.29 is 0 Å². The van der Waals surface area contributed by atoms with E-state index in [0.29, 0.717) is 15.6 Å². The second-order valence-electron chi connectivity index (χ2n) is 2.32. The van der Waals surface area contributed by atoms with E-state index in [9.17, 15) is 4.79 Å². The molecule has 0 unspecified atom stereocenters. The van der Waals surface area contributed by atoms with E-state index in [0.717, 1.165) is 0 Å². The van der Waals surface area contributed by atoms with E-state index < -0.39 is 0 Å². The summed E-state index contributed by atoms with van der Waals surface area (Å²) < 4.78 is 0. The first-order chi connectivity index (χ1) is 5.66. The lowest BCUT2D eigenvalue weighted by molar-refractivity contribution is 1.05. The highest BCUT2D eigenvalue weighted by atomic mass is 35.5. The Labute approximate surface area is 74.4 Å². The summed E-state index contributed by atoms with van der Waals surface area (Å²) in [6, 6.07) is 0. The summed E-state index contributed by atoms with van der Waals surface area (Å²) in [7, 11) is 0. The Balaban J connectivity index is 3.88. The summed E-state index contributed by atoms with van der Waals surface area (Å²) in [4.78, 5) is 17.6. The van der Waals surface area contributed by atoms with Crippen LogP contribution in [-0.4, -0.2) is 9.97 Å². The van der Waals surface area contributed by atoms with Crippen LogP contribution in [0.5, 0.6) is 0 Å². The number of hydrogen-bond acceptors (Lipinski definition) is 2. The minimum absolute atomic E-state index is 0.164. The third kappa shape index (κ3) is 1.56. The van der Waals surface area contributed by atoms with Gasteiger partial charge >= 0.3 is 0 Å². The molecule has 1 rings (SSSR count). The van der Waals surface area contributed by atoms with Crippen molar-refractivity contribution in [1.29, 1.82) is 0 Å². The maximum absolute atomic E-state index is 11.2. The first-order valence-corrected chi connectivity index (χ1v) is 3.91. The topological polar surface area (TPSA) is 45.8 Å². The normalized spacial score (nSPS) is 14.8. The molecular formula is C8H9ClN2O. The molecule has 0 aliphatic heterocycles. The molecule has 0 saturated heterocycles. The molecule has 12 heavy (non-hydrogen) atoms. The van der Waals surface area contributed by atoms with Crippen LogP contribution < -0.4 is 16.1 Å². The molecule has 0 bridgehead atoms. The molecule has 1 aromatic heterocycles. The lowest BCUT2D eigenvalue weighted by Crippen LogP contribution is -2.42. The summed E-state index contributed by atoms with van der Waals surface area (Å²) >= 11 is 5.74. The number of hydrogen-bond donors (Lipinski definition) is 1. The Hall–Kier alpha value is -1.09. The van der Waals surface area contributed by atoms with Crippen LogP contribution in [0.4, 0.5) is 0 Å². The lowest BCUT2D eigenvalue weighted by atomic mass is 10.3. The highest BCUT2D eigenvalue weighted by molar-refractivity contribution is 6.44. The molecule has 0 radical (unpaired) electrons. The monoisotopic (exact) mass is 184 g/mol. The summed E-state index contributed by atoms with van der Waals surface area (Å²) in [5.41, 5.74) is -0.164. The zero-order chi connectivity index (χ0) is 9.14. The van der Waals surface area contributed by atoms with Gasteiger partial charge in [0.25, 0.3) is 5.56 Å². The summed E-state index contributed by atoms with van der Waals surface area (Å²) in [6.45, 7) is 3.48. The molecule has 1 aromatic rings. The summed E-state index contributed by atoms with van der Waals surface area (Å²) in [6.07, 6.45) is 3.03. The molecule has 0 atom stereocenters. The molecule has 1 N–H and O–H groups in total. The van der Waals surface area contributed by atoms with Crippen molar-refractivity contribution in [3.05, 3.63) is 27.2 Å². The van der Waals surface area contributed by atoms with Crippen LogP contribution in [0, 0.1) is 0 Å². The van der Waals surface area contributed by atoms with E-state index in [-0.39, 0.29) is 5.56 Å². The van der Waals surface area contributed by atoms with Crippen molar-refractivity contribution in [3.8, 4) is 0 Å². The van der Waals surface area contributed by atoms with Crippen molar-refractivity contribution in [2.24, 2.45) is 0 Å². The van der Waals surface area contributed by atoms with E-state index in [2.05, 4.69) is 9.97 Å². The average Bonchev–Trinajstić information content (AvgIpc) is 2.03. The number of H-pyrrole nitrogens is 1. The smallest absolute Gasteiger partial charge is 0.258 e. The van der Waals surface area contributed by atoms with Crippen LogP contribution in [0.15, 0.2) is 11.1 Å². The van der Waals surface area contributed by atoms with E-state index in [1.165, 1.54) is 6.33 Å². The quantitative estimate of drug-likeness (QED) is 0.614. The molecule has 0 aliphatic rings. The average molecular weight is 185 g/mol. The van der Waals surface area contributed by atoms with Crippen molar-refractivity contribution in [2.45, 2.75) is 13.8 Å². The molecule has 4 heteroatoms. The van der Waals surface area contributed by atoms with E-state index in [1.54, 1.807) is 19.9 Å². The van der Waals surface area contributed by atoms with Gasteiger partial charge in [-0.3, -0.25) is 4.79 Å². The van der Waals surface area contributed by atoms with Gasteiger partial charge in [-0.15, -0.1) is 0 Å². The molecule has 0 amide bonds. The highest BCUT2D eigenvalue weighted by Crippen LogP contribution is 1.91. The Morgan fingerprint density at radius 2 is 2.42 bits per heavy atom. The number of nitrogens with zero attached hydrogens (tertiary/aromatic N) is 1. The van der Waals surface area contributed by atoms with Gasteiger partial charge in [0.1, 0.15) is 0 Å². The van der Waals surface area contributed by atoms with Gasteiger partial charge in [-0.25, -0.2) is 4.98 Å². The molecule has 0 aliphatic carbocycles. The number of rotatable bonds is 0. The third-order valence-corrected chi connectivity index (χ3v) is 1.68. The van der Waals surface area contributed by atoms with E-state index in [4.69, 9.17) is 11.6 Å². The number of nitrogens with one attached hydrogen (secondary N) is 1. The second-order valence-corrected chi connectivity index (χ2v) is 2.88. The molecule has 0 aromatic carbocycles. The summed E-state index contributed by atoms with van der Waals surface area (Å²) in [5.74, 6) is 0. The molecule has 0 spiro atoms. The minimum atomic E-state index is -0.164. The highest BCUT2D eigenvalue weighted by Gasteiger charge is 1.93. The lowest BCUT2D eigenvalue weighted by Gasteiger charge is -1.88. The van der Waals surface area contributed by atoms with Crippen LogP contribution in [0.3, 0.4) is 0 Å².